The summed E-state index contributed by atoms with van der Waals surface area (Å²) in [6, 6.07) is 9.00. The minimum absolute atomic E-state index is 0.408. The number of rotatable bonds is 4. The van der Waals surface area contributed by atoms with Crippen LogP contribution in [0.4, 0.5) is 11.4 Å². The van der Waals surface area contributed by atoms with Gasteiger partial charge in [-0.1, -0.05) is 0 Å². The van der Waals surface area contributed by atoms with Gasteiger partial charge in [0.1, 0.15) is 11.5 Å². The van der Waals surface area contributed by atoms with Gasteiger partial charge < -0.3 is 19.8 Å². The smallest absolute Gasteiger partial charge is 0.340 e. The minimum Gasteiger partial charge on any atom is -0.465 e. The van der Waals surface area contributed by atoms with Crippen molar-refractivity contribution in [2.45, 2.75) is 13.5 Å². The number of hydrogen-bond acceptors (Lipinski definition) is 5. The average molecular weight is 274 g/mol. The van der Waals surface area contributed by atoms with Gasteiger partial charge in [-0.05, 0) is 37.3 Å². The van der Waals surface area contributed by atoms with Crippen LogP contribution in [-0.4, -0.2) is 20.1 Å². The predicted octanol–water partition coefficient (Wildman–Crippen LogP) is 2.59. The Bertz CT molecular complexity index is 619. The molecule has 0 saturated heterocycles. The molecular formula is C15H18N2O3. The van der Waals surface area contributed by atoms with E-state index in [-0.39, 0.29) is 0 Å². The molecule has 0 spiro atoms. The maximum Gasteiger partial charge on any atom is 0.340 e. The zero-order valence-corrected chi connectivity index (χ0v) is 11.8. The fraction of sp³-hybridized carbons (Fsp3) is 0.267. The van der Waals surface area contributed by atoms with Crippen molar-refractivity contribution in [2.75, 3.05) is 24.8 Å². The largest absolute Gasteiger partial charge is 0.465 e. The molecule has 0 saturated carbocycles. The van der Waals surface area contributed by atoms with E-state index in [1.165, 1.54) is 7.11 Å². The van der Waals surface area contributed by atoms with Crippen LogP contribution < -0.4 is 10.6 Å². The van der Waals surface area contributed by atoms with Gasteiger partial charge in [-0.25, -0.2) is 4.79 Å². The normalized spacial score (nSPS) is 10.3. The lowest BCUT2D eigenvalue weighted by Gasteiger charge is -2.21. The van der Waals surface area contributed by atoms with Gasteiger partial charge in [-0.2, -0.15) is 0 Å². The lowest BCUT2D eigenvalue weighted by molar-refractivity contribution is 0.0601. The van der Waals surface area contributed by atoms with Crippen LogP contribution in [0.3, 0.4) is 0 Å². The Morgan fingerprint density at radius 2 is 2.10 bits per heavy atom. The van der Waals surface area contributed by atoms with Crippen LogP contribution in [0.2, 0.25) is 0 Å². The Hall–Kier alpha value is -2.43. The molecule has 0 aliphatic heterocycles. The third-order valence-electron chi connectivity index (χ3n) is 3.03. The van der Waals surface area contributed by atoms with E-state index in [2.05, 4.69) is 0 Å². The number of furan rings is 1. The Morgan fingerprint density at radius 1 is 1.35 bits per heavy atom. The number of benzene rings is 1. The van der Waals surface area contributed by atoms with Crippen LogP contribution in [0.1, 0.15) is 21.9 Å². The molecule has 0 bridgehead atoms. The summed E-state index contributed by atoms with van der Waals surface area (Å²) in [6.45, 7) is 2.45. The average Bonchev–Trinajstić information content (AvgIpc) is 2.82. The summed E-state index contributed by atoms with van der Waals surface area (Å²) in [7, 11) is 3.24. The van der Waals surface area contributed by atoms with E-state index in [1.54, 1.807) is 18.2 Å². The molecule has 2 aromatic rings. The summed E-state index contributed by atoms with van der Waals surface area (Å²) in [5, 5.41) is 0. The molecule has 1 aromatic heterocycles. The number of nitrogens with two attached hydrogens (primary N) is 1. The molecule has 0 fully saturated rings. The number of nitrogens with zero attached hydrogens (tertiary/aromatic N) is 1. The summed E-state index contributed by atoms with van der Waals surface area (Å²) in [4.78, 5) is 13.7. The molecule has 0 aliphatic rings. The lowest BCUT2D eigenvalue weighted by Crippen LogP contribution is -2.19. The first-order valence-corrected chi connectivity index (χ1v) is 6.25. The van der Waals surface area contributed by atoms with Gasteiger partial charge >= 0.3 is 5.97 Å². The van der Waals surface area contributed by atoms with Crippen molar-refractivity contribution in [3.8, 4) is 0 Å². The molecule has 2 rings (SSSR count). The Labute approximate surface area is 117 Å². The standard InChI is InChI=1S/C15H18N2O3/c1-10-4-6-12(20-10)9-17(2)14-7-5-11(16)8-13(14)15(18)19-3/h4-8H,9,16H2,1-3H3. The number of esters is 1. The highest BCUT2D eigenvalue weighted by Gasteiger charge is 2.16. The molecular weight excluding hydrogens is 256 g/mol. The van der Waals surface area contributed by atoms with Crippen molar-refractivity contribution in [1.82, 2.24) is 0 Å². The van der Waals surface area contributed by atoms with Crippen molar-refractivity contribution < 1.29 is 13.9 Å². The van der Waals surface area contributed by atoms with Crippen molar-refractivity contribution in [3.63, 3.8) is 0 Å². The number of nitrogen functional groups attached to an aromatic ring is 1. The topological polar surface area (TPSA) is 68.7 Å². The summed E-state index contributed by atoms with van der Waals surface area (Å²) in [5.41, 5.74) is 7.45. The maximum absolute atomic E-state index is 11.8. The number of anilines is 2. The van der Waals surface area contributed by atoms with Crippen molar-refractivity contribution in [1.29, 1.82) is 0 Å². The lowest BCUT2D eigenvalue weighted by atomic mass is 10.1. The quantitative estimate of drug-likeness (QED) is 0.685. The molecule has 5 nitrogen and oxygen atoms in total. The second-order valence-corrected chi connectivity index (χ2v) is 4.64. The fourth-order valence-electron chi connectivity index (χ4n) is 2.05. The molecule has 1 heterocycles. The van der Waals surface area contributed by atoms with Gasteiger partial charge in [-0.15, -0.1) is 0 Å². The number of hydrogen-bond donors (Lipinski definition) is 1. The summed E-state index contributed by atoms with van der Waals surface area (Å²) in [6.07, 6.45) is 0. The van der Waals surface area contributed by atoms with E-state index in [0.717, 1.165) is 17.2 Å². The molecule has 1 aromatic carbocycles. The number of ether oxygens (including phenoxy) is 1. The predicted molar refractivity (Wildman–Crippen MR) is 77.7 cm³/mol. The number of carbonyl (C=O) groups is 1. The van der Waals surface area contributed by atoms with Gasteiger partial charge in [0.2, 0.25) is 0 Å². The molecule has 106 valence electrons. The molecule has 5 heteroatoms. The van der Waals surface area contributed by atoms with Crippen LogP contribution >= 0.6 is 0 Å². The second kappa shape index (κ2) is 5.69. The van der Waals surface area contributed by atoms with Gasteiger partial charge in [-0.3, -0.25) is 0 Å². The third-order valence-corrected chi connectivity index (χ3v) is 3.03. The Balaban J connectivity index is 2.29. The highest BCUT2D eigenvalue weighted by Crippen LogP contribution is 2.24. The summed E-state index contributed by atoms with van der Waals surface area (Å²) < 4.78 is 10.3. The first-order valence-electron chi connectivity index (χ1n) is 6.25. The summed E-state index contributed by atoms with van der Waals surface area (Å²) >= 11 is 0. The van der Waals surface area contributed by atoms with Crippen LogP contribution in [0.25, 0.3) is 0 Å². The van der Waals surface area contributed by atoms with Gasteiger partial charge in [0, 0.05) is 12.7 Å². The van der Waals surface area contributed by atoms with Gasteiger partial charge in [0.15, 0.2) is 0 Å². The second-order valence-electron chi connectivity index (χ2n) is 4.64. The van der Waals surface area contributed by atoms with E-state index in [4.69, 9.17) is 14.9 Å². The van der Waals surface area contributed by atoms with Crippen LogP contribution in [0.5, 0.6) is 0 Å². The van der Waals surface area contributed by atoms with E-state index in [9.17, 15) is 4.79 Å². The van der Waals surface area contributed by atoms with E-state index in [1.807, 2.05) is 31.0 Å². The Kier molecular flexibility index (Phi) is 3.98. The molecule has 0 unspecified atom stereocenters. The number of aryl methyl sites for hydroxylation is 1. The zero-order chi connectivity index (χ0) is 14.7. The molecule has 20 heavy (non-hydrogen) atoms. The first-order chi connectivity index (χ1) is 9.51. The van der Waals surface area contributed by atoms with Crippen LogP contribution in [-0.2, 0) is 11.3 Å². The van der Waals surface area contributed by atoms with Crippen molar-refractivity contribution >= 4 is 17.3 Å². The third kappa shape index (κ3) is 2.93. The summed E-state index contributed by atoms with van der Waals surface area (Å²) in [5.74, 6) is 1.28. The molecule has 0 radical (unpaired) electrons. The van der Waals surface area contributed by atoms with E-state index < -0.39 is 5.97 Å². The maximum atomic E-state index is 11.8. The first kappa shape index (κ1) is 14.0. The SMILES string of the molecule is COC(=O)c1cc(N)ccc1N(C)Cc1ccc(C)o1. The zero-order valence-electron chi connectivity index (χ0n) is 11.8. The fourth-order valence-corrected chi connectivity index (χ4v) is 2.05. The molecule has 0 atom stereocenters. The number of carbonyl (C=O) groups excluding carboxylic acids is 1. The molecule has 2 N–H and O–H groups in total. The van der Waals surface area contributed by atoms with Crippen LogP contribution in [0, 0.1) is 6.92 Å². The van der Waals surface area contributed by atoms with E-state index >= 15 is 0 Å². The van der Waals surface area contributed by atoms with Gasteiger partial charge in [0.05, 0.1) is 24.9 Å². The highest BCUT2D eigenvalue weighted by molar-refractivity contribution is 5.96. The Morgan fingerprint density at radius 3 is 2.70 bits per heavy atom. The minimum atomic E-state index is -0.408. The number of methoxy groups -OCH3 is 1. The van der Waals surface area contributed by atoms with Crippen LogP contribution in [0.15, 0.2) is 34.7 Å². The van der Waals surface area contributed by atoms with Crippen molar-refractivity contribution in [3.05, 3.63) is 47.4 Å². The molecule has 0 aliphatic carbocycles. The van der Waals surface area contributed by atoms with E-state index in [0.29, 0.717) is 17.8 Å². The van der Waals surface area contributed by atoms with Gasteiger partial charge in [0.25, 0.3) is 0 Å². The van der Waals surface area contributed by atoms with Crippen molar-refractivity contribution in [2.24, 2.45) is 0 Å². The highest BCUT2D eigenvalue weighted by atomic mass is 16.5. The molecule has 0 amide bonds. The monoisotopic (exact) mass is 274 g/mol.